The number of aliphatic carboxylic acids is 1. The molecule has 1 aromatic heterocycles. The molecule has 21 heavy (non-hydrogen) atoms. The minimum absolute atomic E-state index is 0.291. The van der Waals surface area contributed by atoms with E-state index in [1.54, 1.807) is 23.6 Å². The predicted molar refractivity (Wildman–Crippen MR) is 76.2 cm³/mol. The first-order chi connectivity index (χ1) is 9.95. The molecule has 0 atom stereocenters. The van der Waals surface area contributed by atoms with Gasteiger partial charge in [-0.1, -0.05) is 12.1 Å². The number of ketones is 1. The Morgan fingerprint density at radius 3 is 2.67 bits per heavy atom. The Hall–Kier alpha value is -2.47. The molecule has 0 unspecified atom stereocenters. The highest BCUT2D eigenvalue weighted by atomic mass is 32.1. The van der Waals surface area contributed by atoms with Crippen LogP contribution in [0.5, 0.6) is 0 Å². The van der Waals surface area contributed by atoms with Crippen LogP contribution < -0.4 is 0 Å². The molecule has 0 aliphatic heterocycles. The summed E-state index contributed by atoms with van der Waals surface area (Å²) in [6, 6.07) is 7.76. The second kappa shape index (κ2) is 6.32. The van der Waals surface area contributed by atoms with E-state index in [9.17, 15) is 14.0 Å². The molecule has 0 saturated carbocycles. The van der Waals surface area contributed by atoms with E-state index in [0.29, 0.717) is 18.1 Å². The van der Waals surface area contributed by atoms with Crippen LogP contribution in [0, 0.1) is 5.82 Å². The number of carboxylic acids is 1. The van der Waals surface area contributed by atoms with E-state index in [2.05, 4.69) is 0 Å². The van der Waals surface area contributed by atoms with Crippen molar-refractivity contribution < 1.29 is 24.2 Å². The summed E-state index contributed by atoms with van der Waals surface area (Å²) in [6.45, 7) is 0. The molecule has 0 spiro atoms. The van der Waals surface area contributed by atoms with Gasteiger partial charge in [-0.2, -0.15) is 0 Å². The van der Waals surface area contributed by atoms with Gasteiger partial charge < -0.3 is 10.2 Å². The first kappa shape index (κ1) is 14.9. The van der Waals surface area contributed by atoms with Crippen LogP contribution in [0.1, 0.15) is 20.8 Å². The minimum Gasteiger partial charge on any atom is -0.502 e. The van der Waals surface area contributed by atoms with Crippen molar-refractivity contribution in [2.45, 2.75) is 6.42 Å². The van der Waals surface area contributed by atoms with Gasteiger partial charge in [0.2, 0.25) is 5.76 Å². The minimum atomic E-state index is -1.56. The molecule has 0 aliphatic rings. The number of halogens is 1. The number of hydrogen-bond donors (Lipinski definition) is 2. The van der Waals surface area contributed by atoms with Crippen molar-refractivity contribution in [2.75, 3.05) is 0 Å². The molecule has 1 heterocycles. The summed E-state index contributed by atoms with van der Waals surface area (Å²) < 4.78 is 13.1. The second-order valence-electron chi connectivity index (χ2n) is 4.31. The van der Waals surface area contributed by atoms with E-state index in [1.807, 2.05) is 0 Å². The largest absolute Gasteiger partial charge is 0.502 e. The van der Waals surface area contributed by atoms with Crippen LogP contribution in [0.3, 0.4) is 0 Å². The van der Waals surface area contributed by atoms with Crippen molar-refractivity contribution in [3.05, 3.63) is 69.4 Å². The molecule has 0 amide bonds. The molecule has 6 heteroatoms. The number of thiophene rings is 1. The zero-order valence-electron chi connectivity index (χ0n) is 10.7. The molecule has 0 radical (unpaired) electrons. The van der Waals surface area contributed by atoms with Crippen LogP contribution in [-0.4, -0.2) is 22.0 Å². The molecule has 1 aromatic carbocycles. The Balaban J connectivity index is 2.13. The Labute approximate surface area is 123 Å². The van der Waals surface area contributed by atoms with E-state index in [4.69, 9.17) is 10.2 Å². The summed E-state index contributed by atoms with van der Waals surface area (Å²) in [5, 5.41) is 19.1. The first-order valence-electron chi connectivity index (χ1n) is 5.96. The van der Waals surface area contributed by atoms with E-state index in [1.165, 1.54) is 23.5 Å². The molecule has 2 rings (SSSR count). The summed E-state index contributed by atoms with van der Waals surface area (Å²) in [6.07, 6.45) is 1.14. The Bertz CT molecular complexity index is 718. The van der Waals surface area contributed by atoms with Crippen molar-refractivity contribution in [2.24, 2.45) is 0 Å². The van der Waals surface area contributed by atoms with Gasteiger partial charge in [-0.05, 0) is 23.8 Å². The third kappa shape index (κ3) is 4.00. The molecule has 108 valence electrons. The van der Waals surface area contributed by atoms with E-state index in [0.717, 1.165) is 10.4 Å². The number of aliphatic hydroxyl groups excluding tert-OH is 1. The van der Waals surface area contributed by atoms with Crippen molar-refractivity contribution in [1.82, 2.24) is 0 Å². The maximum atomic E-state index is 13.1. The lowest BCUT2D eigenvalue weighted by Gasteiger charge is -1.98. The number of hydrogen-bond acceptors (Lipinski definition) is 4. The quantitative estimate of drug-likeness (QED) is 0.505. The summed E-state index contributed by atoms with van der Waals surface area (Å²) >= 11 is 1.31. The number of carbonyl (C=O) groups is 2. The zero-order chi connectivity index (χ0) is 15.4. The topological polar surface area (TPSA) is 74.6 Å². The lowest BCUT2D eigenvalue weighted by Crippen LogP contribution is -2.03. The van der Waals surface area contributed by atoms with Crippen molar-refractivity contribution >= 4 is 23.1 Å². The van der Waals surface area contributed by atoms with Gasteiger partial charge in [-0.15, -0.1) is 11.3 Å². The van der Waals surface area contributed by atoms with Gasteiger partial charge in [0.15, 0.2) is 5.78 Å². The number of benzene rings is 1. The molecule has 2 aromatic rings. The van der Waals surface area contributed by atoms with Crippen LogP contribution in [0.4, 0.5) is 4.39 Å². The molecular weight excluding hydrogens is 295 g/mol. The molecule has 4 nitrogen and oxygen atoms in total. The molecular formula is C15H11FO4S. The number of aliphatic hydroxyl groups is 1. The Morgan fingerprint density at radius 2 is 2.00 bits per heavy atom. The van der Waals surface area contributed by atoms with Crippen LogP contribution in [0.2, 0.25) is 0 Å². The average molecular weight is 306 g/mol. The highest BCUT2D eigenvalue weighted by molar-refractivity contribution is 7.10. The lowest BCUT2D eigenvalue weighted by molar-refractivity contribution is -0.135. The maximum absolute atomic E-state index is 13.1. The van der Waals surface area contributed by atoms with E-state index < -0.39 is 17.5 Å². The fourth-order valence-electron chi connectivity index (χ4n) is 1.72. The first-order valence-corrected chi connectivity index (χ1v) is 6.84. The average Bonchev–Trinajstić information content (AvgIpc) is 2.87. The standard InChI is InChI=1S/C15H11FO4S/c16-11-3-1-2-9(4-11)5-12-6-10(8-21-12)13(17)7-14(18)15(19)20/h1-4,6-8,18H,5H2,(H,19,20). The van der Waals surface area contributed by atoms with E-state index >= 15 is 0 Å². The number of rotatable bonds is 5. The van der Waals surface area contributed by atoms with Gasteiger partial charge in [0, 0.05) is 28.3 Å². The number of carboxylic acid groups (broad SMARTS) is 1. The molecule has 2 N–H and O–H groups in total. The highest BCUT2D eigenvalue weighted by Gasteiger charge is 2.11. The maximum Gasteiger partial charge on any atom is 0.371 e. The second-order valence-corrected chi connectivity index (χ2v) is 5.30. The Kier molecular flexibility index (Phi) is 4.49. The fraction of sp³-hybridized carbons (Fsp3) is 0.0667. The highest BCUT2D eigenvalue weighted by Crippen LogP contribution is 2.20. The van der Waals surface area contributed by atoms with Gasteiger partial charge in [0.25, 0.3) is 0 Å². The number of allylic oxidation sites excluding steroid dienone is 1. The van der Waals surface area contributed by atoms with Crippen LogP contribution >= 0.6 is 11.3 Å². The summed E-state index contributed by atoms with van der Waals surface area (Å²) in [7, 11) is 0. The van der Waals surface area contributed by atoms with Gasteiger partial charge in [-0.3, -0.25) is 4.79 Å². The molecule has 0 saturated heterocycles. The predicted octanol–water partition coefficient (Wildman–Crippen LogP) is 3.19. The summed E-state index contributed by atoms with van der Waals surface area (Å²) in [4.78, 5) is 23.0. The molecule has 0 fully saturated rings. The third-order valence-electron chi connectivity index (χ3n) is 2.69. The van der Waals surface area contributed by atoms with Crippen LogP contribution in [0.15, 0.2) is 47.5 Å². The van der Waals surface area contributed by atoms with Crippen LogP contribution in [-0.2, 0) is 11.2 Å². The fourth-order valence-corrected chi connectivity index (χ4v) is 2.63. The number of carbonyl (C=O) groups excluding carboxylic acids is 1. The summed E-state index contributed by atoms with van der Waals surface area (Å²) in [5.74, 6) is -3.47. The van der Waals surface area contributed by atoms with Crippen molar-refractivity contribution in [1.29, 1.82) is 0 Å². The normalized spacial score (nSPS) is 11.4. The van der Waals surface area contributed by atoms with Crippen molar-refractivity contribution in [3.63, 3.8) is 0 Å². The van der Waals surface area contributed by atoms with Crippen LogP contribution in [0.25, 0.3) is 0 Å². The monoisotopic (exact) mass is 306 g/mol. The summed E-state index contributed by atoms with van der Waals surface area (Å²) in [5.41, 5.74) is 1.07. The third-order valence-corrected chi connectivity index (χ3v) is 3.63. The molecule has 0 bridgehead atoms. The van der Waals surface area contributed by atoms with Gasteiger partial charge >= 0.3 is 5.97 Å². The van der Waals surface area contributed by atoms with Gasteiger partial charge in [-0.25, -0.2) is 9.18 Å². The SMILES string of the molecule is O=C(O)C(O)=CC(=O)c1csc(Cc2cccc(F)c2)c1. The van der Waals surface area contributed by atoms with Crippen molar-refractivity contribution in [3.8, 4) is 0 Å². The Morgan fingerprint density at radius 1 is 1.24 bits per heavy atom. The van der Waals surface area contributed by atoms with Gasteiger partial charge in [0.05, 0.1) is 0 Å². The van der Waals surface area contributed by atoms with E-state index in [-0.39, 0.29) is 5.82 Å². The van der Waals surface area contributed by atoms with Gasteiger partial charge in [0.1, 0.15) is 5.82 Å². The lowest BCUT2D eigenvalue weighted by atomic mass is 10.1. The zero-order valence-corrected chi connectivity index (χ0v) is 11.6. The smallest absolute Gasteiger partial charge is 0.371 e. The molecule has 0 aliphatic carbocycles.